The highest BCUT2D eigenvalue weighted by Gasteiger charge is 2.33. The molecule has 1 aromatic rings. The van der Waals surface area contributed by atoms with Gasteiger partial charge in [0, 0.05) is 12.5 Å². The molecule has 3 rings (SSSR count). The number of ether oxygens (including phenoxy) is 2. The van der Waals surface area contributed by atoms with Crippen LogP contribution < -0.4 is 14.8 Å². The number of carbonyl (C=O) groups excluding carboxylic acids is 1. The van der Waals surface area contributed by atoms with Crippen molar-refractivity contribution in [1.82, 2.24) is 10.2 Å². The summed E-state index contributed by atoms with van der Waals surface area (Å²) < 4.78 is 10.8. The van der Waals surface area contributed by atoms with Gasteiger partial charge < -0.3 is 14.8 Å². The van der Waals surface area contributed by atoms with E-state index in [0.29, 0.717) is 12.5 Å². The number of amides is 1. The van der Waals surface area contributed by atoms with Crippen molar-refractivity contribution >= 4 is 5.91 Å². The molecule has 1 amide bonds. The lowest BCUT2D eigenvalue weighted by Crippen LogP contribution is -2.39. The average Bonchev–Trinajstić information content (AvgIpc) is 3.36. The van der Waals surface area contributed by atoms with Crippen LogP contribution in [0.5, 0.6) is 11.5 Å². The van der Waals surface area contributed by atoms with Gasteiger partial charge in [0.1, 0.15) is 0 Å². The van der Waals surface area contributed by atoms with E-state index >= 15 is 0 Å². The van der Waals surface area contributed by atoms with Crippen LogP contribution in [-0.4, -0.2) is 44.7 Å². The first kappa shape index (κ1) is 18.1. The van der Waals surface area contributed by atoms with Crippen molar-refractivity contribution in [3.05, 3.63) is 23.8 Å². The molecule has 25 heavy (non-hydrogen) atoms. The van der Waals surface area contributed by atoms with Crippen LogP contribution in [0.4, 0.5) is 0 Å². The number of hydrogen-bond acceptors (Lipinski definition) is 4. The Morgan fingerprint density at radius 1 is 1.20 bits per heavy atom. The molecule has 2 fully saturated rings. The second-order valence-corrected chi connectivity index (χ2v) is 7.24. The average molecular weight is 346 g/mol. The highest BCUT2D eigenvalue weighted by molar-refractivity contribution is 5.79. The van der Waals surface area contributed by atoms with Crippen LogP contribution in [0.3, 0.4) is 0 Å². The Morgan fingerprint density at radius 3 is 2.48 bits per heavy atom. The topological polar surface area (TPSA) is 50.8 Å². The zero-order chi connectivity index (χ0) is 17.8. The highest BCUT2D eigenvalue weighted by atomic mass is 16.5. The predicted octanol–water partition coefficient (Wildman–Crippen LogP) is 3.00. The van der Waals surface area contributed by atoms with Gasteiger partial charge >= 0.3 is 0 Å². The highest BCUT2D eigenvalue weighted by Crippen LogP contribution is 2.37. The van der Waals surface area contributed by atoms with E-state index in [9.17, 15) is 4.79 Å². The lowest BCUT2D eigenvalue weighted by molar-refractivity contribution is -0.125. The van der Waals surface area contributed by atoms with Crippen LogP contribution in [0.1, 0.15) is 44.2 Å². The van der Waals surface area contributed by atoms with E-state index in [1.807, 2.05) is 19.1 Å². The molecule has 1 aliphatic carbocycles. The third kappa shape index (κ3) is 4.27. The third-order valence-corrected chi connectivity index (χ3v) is 5.59. The number of benzene rings is 1. The van der Waals surface area contributed by atoms with Crippen LogP contribution >= 0.6 is 0 Å². The zero-order valence-electron chi connectivity index (χ0n) is 15.6. The summed E-state index contributed by atoms with van der Waals surface area (Å²) in [6.07, 6.45) is 4.83. The number of likely N-dealkylation sites (tertiary alicyclic amines) is 1. The maximum Gasteiger partial charge on any atom is 0.223 e. The molecule has 2 aliphatic rings. The summed E-state index contributed by atoms with van der Waals surface area (Å²) in [5.41, 5.74) is 1.17. The standard InChI is InChI=1S/C20H30N2O3/c1-14(15-6-7-15)20(23)21-13-17(22-10-4-5-11-22)16-8-9-18(24-2)19(12-16)25-3/h8-9,12,14-15,17H,4-7,10-11,13H2,1-3H3,(H,21,23). The van der Waals surface area contributed by atoms with E-state index in [1.54, 1.807) is 14.2 Å². The Labute approximate surface area is 150 Å². The fraction of sp³-hybridized carbons (Fsp3) is 0.650. The van der Waals surface area contributed by atoms with Gasteiger partial charge in [-0.15, -0.1) is 0 Å². The number of carbonyl (C=O) groups is 1. The van der Waals surface area contributed by atoms with Gasteiger partial charge in [-0.05, 0) is 62.4 Å². The molecule has 1 saturated heterocycles. The predicted molar refractivity (Wildman–Crippen MR) is 98.0 cm³/mol. The molecular formula is C20H30N2O3. The van der Waals surface area contributed by atoms with E-state index in [0.717, 1.165) is 24.6 Å². The van der Waals surface area contributed by atoms with Gasteiger partial charge in [0.15, 0.2) is 11.5 Å². The van der Waals surface area contributed by atoms with E-state index < -0.39 is 0 Å². The number of hydrogen-bond donors (Lipinski definition) is 1. The van der Waals surface area contributed by atoms with Crippen molar-refractivity contribution in [2.75, 3.05) is 33.9 Å². The van der Waals surface area contributed by atoms with E-state index in [-0.39, 0.29) is 17.9 Å². The first-order valence-corrected chi connectivity index (χ1v) is 9.37. The largest absolute Gasteiger partial charge is 0.493 e. The summed E-state index contributed by atoms with van der Waals surface area (Å²) in [5, 5.41) is 3.19. The SMILES string of the molecule is COc1ccc(C(CNC(=O)C(C)C2CC2)N2CCCC2)cc1OC. The van der Waals surface area contributed by atoms with Gasteiger partial charge in [-0.25, -0.2) is 0 Å². The molecule has 0 aromatic heterocycles. The van der Waals surface area contributed by atoms with Gasteiger partial charge in [-0.2, -0.15) is 0 Å². The minimum atomic E-state index is 0.129. The van der Waals surface area contributed by atoms with Crippen LogP contribution in [0.2, 0.25) is 0 Å². The van der Waals surface area contributed by atoms with Crippen LogP contribution in [0.25, 0.3) is 0 Å². The molecule has 0 radical (unpaired) electrons. The van der Waals surface area contributed by atoms with Crippen molar-refractivity contribution < 1.29 is 14.3 Å². The van der Waals surface area contributed by atoms with E-state index in [2.05, 4.69) is 16.3 Å². The molecule has 0 bridgehead atoms. The summed E-state index contributed by atoms with van der Waals surface area (Å²) in [6, 6.07) is 6.25. The molecular weight excluding hydrogens is 316 g/mol. The summed E-state index contributed by atoms with van der Waals surface area (Å²) in [7, 11) is 3.31. The maximum absolute atomic E-state index is 12.4. The minimum Gasteiger partial charge on any atom is -0.493 e. The molecule has 1 aliphatic heterocycles. The van der Waals surface area contributed by atoms with Crippen molar-refractivity contribution in [2.45, 2.75) is 38.6 Å². The van der Waals surface area contributed by atoms with E-state index in [1.165, 1.54) is 31.2 Å². The smallest absolute Gasteiger partial charge is 0.223 e. The first-order chi connectivity index (χ1) is 12.1. The van der Waals surface area contributed by atoms with Crippen molar-refractivity contribution in [3.8, 4) is 11.5 Å². The number of rotatable bonds is 8. The second kappa shape index (κ2) is 8.09. The summed E-state index contributed by atoms with van der Waals surface area (Å²) in [4.78, 5) is 14.9. The van der Waals surface area contributed by atoms with Gasteiger partial charge in [-0.1, -0.05) is 13.0 Å². The summed E-state index contributed by atoms with van der Waals surface area (Å²) in [5.74, 6) is 2.38. The lowest BCUT2D eigenvalue weighted by Gasteiger charge is -2.29. The van der Waals surface area contributed by atoms with Crippen LogP contribution in [0, 0.1) is 11.8 Å². The molecule has 5 heteroatoms. The summed E-state index contributed by atoms with van der Waals surface area (Å²) >= 11 is 0. The van der Waals surface area contributed by atoms with Gasteiger partial charge in [0.25, 0.3) is 0 Å². The van der Waals surface area contributed by atoms with Crippen LogP contribution in [-0.2, 0) is 4.79 Å². The molecule has 2 unspecified atom stereocenters. The molecule has 1 N–H and O–H groups in total. The monoisotopic (exact) mass is 346 g/mol. The van der Waals surface area contributed by atoms with Crippen molar-refractivity contribution in [1.29, 1.82) is 0 Å². The Morgan fingerprint density at radius 2 is 1.88 bits per heavy atom. The molecule has 5 nitrogen and oxygen atoms in total. The van der Waals surface area contributed by atoms with E-state index in [4.69, 9.17) is 9.47 Å². The Balaban J connectivity index is 1.73. The molecule has 0 spiro atoms. The molecule has 1 aromatic carbocycles. The number of nitrogens with one attached hydrogen (secondary N) is 1. The Bertz CT molecular complexity index is 595. The number of nitrogens with zero attached hydrogens (tertiary/aromatic N) is 1. The number of methoxy groups -OCH3 is 2. The second-order valence-electron chi connectivity index (χ2n) is 7.24. The van der Waals surface area contributed by atoms with Gasteiger partial charge in [0.05, 0.1) is 20.3 Å². The van der Waals surface area contributed by atoms with Crippen molar-refractivity contribution in [2.24, 2.45) is 11.8 Å². The fourth-order valence-corrected chi connectivity index (χ4v) is 3.74. The molecule has 138 valence electrons. The fourth-order valence-electron chi connectivity index (χ4n) is 3.74. The normalized spacial score (nSPS) is 20.1. The van der Waals surface area contributed by atoms with Gasteiger partial charge in [-0.3, -0.25) is 9.69 Å². The zero-order valence-corrected chi connectivity index (χ0v) is 15.6. The molecule has 2 atom stereocenters. The van der Waals surface area contributed by atoms with Gasteiger partial charge in [0.2, 0.25) is 5.91 Å². The third-order valence-electron chi connectivity index (χ3n) is 5.59. The summed E-state index contributed by atoms with van der Waals surface area (Å²) in [6.45, 7) is 4.85. The lowest BCUT2D eigenvalue weighted by atomic mass is 10.0. The quantitative estimate of drug-likeness (QED) is 0.786. The Hall–Kier alpha value is -1.75. The molecule has 1 heterocycles. The minimum absolute atomic E-state index is 0.129. The Kier molecular flexibility index (Phi) is 5.84. The maximum atomic E-state index is 12.4. The van der Waals surface area contributed by atoms with Crippen LogP contribution in [0.15, 0.2) is 18.2 Å². The van der Waals surface area contributed by atoms with Crippen molar-refractivity contribution in [3.63, 3.8) is 0 Å². The first-order valence-electron chi connectivity index (χ1n) is 9.37. The molecule has 1 saturated carbocycles.